The van der Waals surface area contributed by atoms with E-state index in [0.29, 0.717) is 12.5 Å². The first-order valence-electron chi connectivity index (χ1n) is 11.2. The van der Waals surface area contributed by atoms with Gasteiger partial charge in [-0.15, -0.1) is 0 Å². The van der Waals surface area contributed by atoms with Gasteiger partial charge in [-0.1, -0.05) is 36.4 Å². The number of anilines is 1. The van der Waals surface area contributed by atoms with Gasteiger partial charge in [0.2, 0.25) is 0 Å². The molecule has 0 spiro atoms. The first-order chi connectivity index (χ1) is 15.2. The Morgan fingerprint density at radius 1 is 1.23 bits per heavy atom. The van der Waals surface area contributed by atoms with Crippen molar-refractivity contribution in [1.82, 2.24) is 10.3 Å². The monoisotopic (exact) mass is 419 g/mol. The van der Waals surface area contributed by atoms with E-state index in [2.05, 4.69) is 69.3 Å². The average molecular weight is 420 g/mol. The van der Waals surface area contributed by atoms with Crippen LogP contribution in [0.2, 0.25) is 0 Å². The van der Waals surface area contributed by atoms with E-state index in [1.807, 2.05) is 19.1 Å². The fraction of sp³-hybridized carbons (Fsp3) is 0.440. The molecule has 2 atom stereocenters. The van der Waals surface area contributed by atoms with Gasteiger partial charge < -0.3 is 15.4 Å². The summed E-state index contributed by atoms with van der Waals surface area (Å²) in [6.45, 7) is 8.62. The van der Waals surface area contributed by atoms with Gasteiger partial charge in [0.05, 0.1) is 26.2 Å². The Labute approximate surface area is 185 Å². The number of benzene rings is 2. The van der Waals surface area contributed by atoms with Crippen molar-refractivity contribution in [2.45, 2.75) is 32.9 Å². The summed E-state index contributed by atoms with van der Waals surface area (Å²) in [6, 6.07) is 15.3. The van der Waals surface area contributed by atoms with Crippen LogP contribution in [0.15, 0.2) is 58.9 Å². The summed E-state index contributed by atoms with van der Waals surface area (Å²) in [5.41, 5.74) is 6.48. The molecule has 2 aliphatic heterocycles. The number of nitrogens with one attached hydrogen (secondary N) is 2. The lowest BCUT2D eigenvalue weighted by Crippen LogP contribution is -2.26. The number of hydrogen-bond acceptors (Lipinski definition) is 5. The Balaban J connectivity index is 1.72. The van der Waals surface area contributed by atoms with Crippen molar-refractivity contribution < 1.29 is 4.74 Å². The maximum absolute atomic E-state index is 5.44. The van der Waals surface area contributed by atoms with Crippen LogP contribution in [0.4, 0.5) is 5.69 Å². The van der Waals surface area contributed by atoms with Gasteiger partial charge in [0.15, 0.2) is 0 Å². The van der Waals surface area contributed by atoms with Crippen LogP contribution in [0.3, 0.4) is 0 Å². The zero-order chi connectivity index (χ0) is 21.6. The number of methoxy groups -OCH3 is 1. The molecule has 2 N–H and O–H groups in total. The number of rotatable bonds is 6. The van der Waals surface area contributed by atoms with Gasteiger partial charge in [-0.25, -0.2) is 0 Å². The summed E-state index contributed by atoms with van der Waals surface area (Å²) in [5, 5.41) is 18.1. The molecule has 2 aromatic rings. The van der Waals surface area contributed by atoms with Gasteiger partial charge in [0.25, 0.3) is 0 Å². The minimum atomic E-state index is 0.172. The van der Waals surface area contributed by atoms with Gasteiger partial charge in [0, 0.05) is 24.8 Å². The number of nitrogens with zero attached hydrogens (tertiary/aromatic N) is 3. The normalized spacial score (nSPS) is 21.4. The van der Waals surface area contributed by atoms with Crippen LogP contribution in [0.25, 0.3) is 5.57 Å². The fourth-order valence-electron chi connectivity index (χ4n) is 4.45. The SMILES string of the molecule is CC/N=N\N1Cc2ccc(C3=CCNCC3)cc2C(Nc2cccc(OC)c2)[C@H](C)C1. The van der Waals surface area contributed by atoms with Crippen LogP contribution in [0.1, 0.15) is 43.0 Å². The molecular weight excluding hydrogens is 386 g/mol. The minimum absolute atomic E-state index is 0.172. The second kappa shape index (κ2) is 9.96. The van der Waals surface area contributed by atoms with E-state index in [4.69, 9.17) is 4.74 Å². The first kappa shape index (κ1) is 21.4. The van der Waals surface area contributed by atoms with Crippen molar-refractivity contribution in [1.29, 1.82) is 0 Å². The third-order valence-electron chi connectivity index (χ3n) is 6.06. The van der Waals surface area contributed by atoms with E-state index >= 15 is 0 Å². The van der Waals surface area contributed by atoms with Crippen LogP contribution >= 0.6 is 0 Å². The smallest absolute Gasteiger partial charge is 0.120 e. The van der Waals surface area contributed by atoms with Crippen molar-refractivity contribution in [2.24, 2.45) is 16.3 Å². The molecule has 2 aliphatic rings. The topological polar surface area (TPSA) is 61.2 Å². The minimum Gasteiger partial charge on any atom is -0.497 e. The lowest BCUT2D eigenvalue weighted by molar-refractivity contribution is 0.223. The van der Waals surface area contributed by atoms with Crippen LogP contribution in [-0.4, -0.2) is 38.3 Å². The summed E-state index contributed by atoms with van der Waals surface area (Å²) in [7, 11) is 1.71. The molecule has 0 saturated heterocycles. The van der Waals surface area contributed by atoms with E-state index < -0.39 is 0 Å². The highest BCUT2D eigenvalue weighted by Gasteiger charge is 2.29. The second-order valence-electron chi connectivity index (χ2n) is 8.32. The Bertz CT molecular complexity index is 955. The molecule has 0 saturated carbocycles. The molecule has 6 heteroatoms. The average Bonchev–Trinajstić information content (AvgIpc) is 2.94. The summed E-state index contributed by atoms with van der Waals surface area (Å²) in [4.78, 5) is 0. The molecule has 164 valence electrons. The highest BCUT2D eigenvalue weighted by molar-refractivity contribution is 5.68. The van der Waals surface area contributed by atoms with Gasteiger partial charge in [-0.2, -0.15) is 5.11 Å². The van der Waals surface area contributed by atoms with Crippen molar-refractivity contribution in [3.05, 3.63) is 65.2 Å². The lowest BCUT2D eigenvalue weighted by atomic mass is 9.88. The standard InChI is InChI=1S/C25H33N5O/c1-4-27-29-30-16-18(2)25(28-22-6-5-7-23(15-22)31-3)24-14-20(8-9-21(24)17-30)19-10-12-26-13-11-19/h5-10,14-15,18,25-26,28H,4,11-13,16-17H2,1-3H3/b29-27-/t18-,25?/m1/s1. The van der Waals surface area contributed by atoms with E-state index in [0.717, 1.165) is 44.0 Å². The van der Waals surface area contributed by atoms with Crippen molar-refractivity contribution in [3.8, 4) is 5.75 Å². The first-order valence-corrected chi connectivity index (χ1v) is 11.2. The Morgan fingerprint density at radius 2 is 2.13 bits per heavy atom. The predicted octanol–water partition coefficient (Wildman–Crippen LogP) is 5.06. The summed E-state index contributed by atoms with van der Waals surface area (Å²) < 4.78 is 5.44. The van der Waals surface area contributed by atoms with Crippen molar-refractivity contribution >= 4 is 11.3 Å². The third-order valence-corrected chi connectivity index (χ3v) is 6.06. The van der Waals surface area contributed by atoms with E-state index in [-0.39, 0.29) is 6.04 Å². The van der Waals surface area contributed by atoms with Crippen LogP contribution in [0.5, 0.6) is 5.75 Å². The van der Waals surface area contributed by atoms with E-state index in [1.165, 1.54) is 22.3 Å². The Kier molecular flexibility index (Phi) is 6.87. The fourth-order valence-corrected chi connectivity index (χ4v) is 4.45. The maximum atomic E-state index is 5.44. The quantitative estimate of drug-likeness (QED) is 0.642. The zero-order valence-electron chi connectivity index (χ0n) is 18.8. The number of hydrogen-bond donors (Lipinski definition) is 2. The molecule has 0 aliphatic carbocycles. The highest BCUT2D eigenvalue weighted by atomic mass is 16.5. The predicted molar refractivity (Wildman–Crippen MR) is 126 cm³/mol. The Hall–Kier alpha value is -2.86. The lowest BCUT2D eigenvalue weighted by Gasteiger charge is -2.27. The molecule has 0 aromatic heterocycles. The highest BCUT2D eigenvalue weighted by Crippen LogP contribution is 2.36. The third kappa shape index (κ3) is 5.07. The molecule has 4 rings (SSSR count). The van der Waals surface area contributed by atoms with Gasteiger partial charge in [-0.05, 0) is 66.3 Å². The molecule has 0 amide bonds. The molecule has 2 heterocycles. The van der Waals surface area contributed by atoms with Gasteiger partial charge in [0.1, 0.15) is 5.75 Å². The van der Waals surface area contributed by atoms with Gasteiger partial charge >= 0.3 is 0 Å². The van der Waals surface area contributed by atoms with Crippen LogP contribution in [-0.2, 0) is 6.54 Å². The summed E-state index contributed by atoms with van der Waals surface area (Å²) in [5.74, 6) is 1.21. The largest absolute Gasteiger partial charge is 0.497 e. The molecule has 2 aromatic carbocycles. The summed E-state index contributed by atoms with van der Waals surface area (Å²) >= 11 is 0. The zero-order valence-corrected chi connectivity index (χ0v) is 18.8. The van der Waals surface area contributed by atoms with E-state index in [9.17, 15) is 0 Å². The number of fused-ring (bicyclic) bond motifs is 1. The maximum Gasteiger partial charge on any atom is 0.120 e. The summed E-state index contributed by atoms with van der Waals surface area (Å²) in [6.07, 6.45) is 3.39. The molecule has 1 unspecified atom stereocenters. The number of ether oxygens (including phenoxy) is 1. The Morgan fingerprint density at radius 3 is 2.90 bits per heavy atom. The van der Waals surface area contributed by atoms with Crippen LogP contribution < -0.4 is 15.4 Å². The molecule has 31 heavy (non-hydrogen) atoms. The molecule has 6 nitrogen and oxygen atoms in total. The van der Waals surface area contributed by atoms with Crippen LogP contribution in [0, 0.1) is 5.92 Å². The van der Waals surface area contributed by atoms with Crippen molar-refractivity contribution in [2.75, 3.05) is 38.6 Å². The van der Waals surface area contributed by atoms with Crippen molar-refractivity contribution in [3.63, 3.8) is 0 Å². The van der Waals surface area contributed by atoms with Gasteiger partial charge in [-0.3, -0.25) is 5.01 Å². The molecule has 0 fully saturated rings. The molecule has 0 radical (unpaired) electrons. The van der Waals surface area contributed by atoms with E-state index in [1.54, 1.807) is 7.11 Å². The molecule has 0 bridgehead atoms. The second-order valence-corrected chi connectivity index (χ2v) is 8.32. The molecular formula is C25H33N5O.